The number of alkyl halides is 3. The largest absolute Gasteiger partial charge is 0.417 e. The molecule has 2 heterocycles. The van der Waals surface area contributed by atoms with Crippen molar-refractivity contribution in [2.75, 3.05) is 26.7 Å². The quantitative estimate of drug-likeness (QED) is 0.806. The topological polar surface area (TPSA) is 57.7 Å². The molecule has 3 rings (SSSR count). The third kappa shape index (κ3) is 2.79. The minimum Gasteiger partial charge on any atom is -0.345 e. The van der Waals surface area contributed by atoms with E-state index in [9.17, 15) is 26.4 Å². The normalized spacial score (nSPS) is 25.8. The van der Waals surface area contributed by atoms with Crippen molar-refractivity contribution in [3.63, 3.8) is 0 Å². The predicted molar refractivity (Wildman–Crippen MR) is 79.4 cm³/mol. The molecule has 2 saturated heterocycles. The molecule has 0 aliphatic carbocycles. The fourth-order valence-corrected chi connectivity index (χ4v) is 5.15. The Morgan fingerprint density at radius 1 is 1.17 bits per heavy atom. The Labute approximate surface area is 138 Å². The van der Waals surface area contributed by atoms with Crippen LogP contribution in [0.25, 0.3) is 0 Å². The summed E-state index contributed by atoms with van der Waals surface area (Å²) in [5.74, 6) is -0.758. The van der Waals surface area contributed by atoms with Crippen molar-refractivity contribution in [3.8, 4) is 0 Å². The molecule has 1 aromatic carbocycles. The van der Waals surface area contributed by atoms with Gasteiger partial charge in [-0.05, 0) is 24.5 Å². The average molecular weight is 362 g/mol. The highest BCUT2D eigenvalue weighted by molar-refractivity contribution is 7.89. The molecule has 0 bridgehead atoms. The van der Waals surface area contributed by atoms with Crippen molar-refractivity contribution in [2.45, 2.75) is 17.5 Å². The van der Waals surface area contributed by atoms with Crippen molar-refractivity contribution in [1.29, 1.82) is 0 Å². The lowest BCUT2D eigenvalue weighted by Gasteiger charge is -2.30. The summed E-state index contributed by atoms with van der Waals surface area (Å²) in [7, 11) is -2.66. The number of benzene rings is 1. The molecule has 0 radical (unpaired) electrons. The Hall–Kier alpha value is -1.61. The van der Waals surface area contributed by atoms with Gasteiger partial charge >= 0.3 is 6.18 Å². The van der Waals surface area contributed by atoms with E-state index in [-0.39, 0.29) is 24.9 Å². The van der Waals surface area contributed by atoms with Crippen molar-refractivity contribution in [1.82, 2.24) is 9.21 Å². The van der Waals surface area contributed by atoms with Crippen LogP contribution in [-0.2, 0) is 21.0 Å². The Morgan fingerprint density at radius 3 is 2.50 bits per heavy atom. The van der Waals surface area contributed by atoms with E-state index >= 15 is 0 Å². The number of hydrogen-bond donors (Lipinski definition) is 0. The molecule has 0 N–H and O–H groups in total. The zero-order valence-electron chi connectivity index (χ0n) is 13.0. The first-order valence-electron chi connectivity index (χ1n) is 7.53. The van der Waals surface area contributed by atoms with Crippen molar-refractivity contribution >= 4 is 15.9 Å². The van der Waals surface area contributed by atoms with Crippen molar-refractivity contribution in [3.05, 3.63) is 29.8 Å². The number of halogens is 3. The maximum atomic E-state index is 13.1. The molecule has 24 heavy (non-hydrogen) atoms. The van der Waals surface area contributed by atoms with Crippen LogP contribution in [0.4, 0.5) is 13.2 Å². The van der Waals surface area contributed by atoms with E-state index in [0.717, 1.165) is 22.5 Å². The maximum Gasteiger partial charge on any atom is 0.417 e. The van der Waals surface area contributed by atoms with Crippen LogP contribution in [0.3, 0.4) is 0 Å². The second-order valence-corrected chi connectivity index (χ2v) is 8.14. The first-order chi connectivity index (χ1) is 11.1. The van der Waals surface area contributed by atoms with Gasteiger partial charge in [-0.15, -0.1) is 0 Å². The zero-order valence-corrected chi connectivity index (χ0v) is 13.8. The minimum absolute atomic E-state index is 0.0671. The molecule has 0 spiro atoms. The summed E-state index contributed by atoms with van der Waals surface area (Å²) >= 11 is 0. The standard InChI is InChI=1S/C15H17F3N2O3S/c1-19-7-6-10-8-20(9-11(10)14(19)21)24(22,23)13-5-3-2-4-12(13)15(16,17)18/h2-5,10-11H,6-9H2,1H3/t10-,11+/m1/s1. The minimum atomic E-state index is -4.76. The fraction of sp³-hybridized carbons (Fsp3) is 0.533. The number of amides is 1. The maximum absolute atomic E-state index is 13.1. The molecule has 5 nitrogen and oxygen atoms in total. The Bertz CT molecular complexity index is 763. The first kappa shape index (κ1) is 17.2. The molecule has 132 valence electrons. The van der Waals surface area contributed by atoms with Crippen LogP contribution in [-0.4, -0.2) is 50.2 Å². The molecule has 2 atom stereocenters. The number of hydrogen-bond acceptors (Lipinski definition) is 3. The molecule has 9 heteroatoms. The lowest BCUT2D eigenvalue weighted by Crippen LogP contribution is -2.42. The lowest BCUT2D eigenvalue weighted by atomic mass is 9.88. The fourth-order valence-electron chi connectivity index (χ4n) is 3.42. The number of piperidine rings is 1. The Kier molecular flexibility index (Phi) is 4.11. The van der Waals surface area contributed by atoms with Crippen LogP contribution in [0.15, 0.2) is 29.2 Å². The van der Waals surface area contributed by atoms with Crippen LogP contribution in [0, 0.1) is 11.8 Å². The number of likely N-dealkylation sites (tertiary alicyclic amines) is 1. The number of carbonyl (C=O) groups excluding carboxylic acids is 1. The Balaban J connectivity index is 1.95. The molecule has 2 aliphatic heterocycles. The second kappa shape index (κ2) is 5.73. The zero-order chi connectivity index (χ0) is 17.7. The first-order valence-corrected chi connectivity index (χ1v) is 8.97. The highest BCUT2D eigenvalue weighted by Gasteiger charge is 2.47. The summed E-state index contributed by atoms with van der Waals surface area (Å²) in [6.45, 7) is 0.550. The van der Waals surface area contributed by atoms with Gasteiger partial charge in [-0.3, -0.25) is 4.79 Å². The number of sulfonamides is 1. The summed E-state index contributed by atoms with van der Waals surface area (Å²) in [4.78, 5) is 13.0. The van der Waals surface area contributed by atoms with Gasteiger partial charge in [-0.2, -0.15) is 17.5 Å². The average Bonchev–Trinajstić information content (AvgIpc) is 2.96. The molecule has 0 saturated carbocycles. The third-order valence-corrected chi connectivity index (χ3v) is 6.64. The van der Waals surface area contributed by atoms with Crippen LogP contribution in [0.5, 0.6) is 0 Å². The van der Waals surface area contributed by atoms with E-state index in [4.69, 9.17) is 0 Å². The summed E-state index contributed by atoms with van der Waals surface area (Å²) in [5, 5.41) is 0. The molecular weight excluding hydrogens is 345 g/mol. The van der Waals surface area contributed by atoms with Crippen LogP contribution in [0.1, 0.15) is 12.0 Å². The number of rotatable bonds is 2. The number of carbonyl (C=O) groups is 1. The van der Waals surface area contributed by atoms with Gasteiger partial charge in [-0.25, -0.2) is 8.42 Å². The summed E-state index contributed by atoms with van der Waals surface area (Å²) < 4.78 is 65.9. The van der Waals surface area contributed by atoms with E-state index in [2.05, 4.69) is 0 Å². The van der Waals surface area contributed by atoms with Crippen molar-refractivity contribution < 1.29 is 26.4 Å². The summed E-state index contributed by atoms with van der Waals surface area (Å²) in [6.07, 6.45) is -4.11. The van der Waals surface area contributed by atoms with Gasteiger partial charge < -0.3 is 4.90 Å². The Morgan fingerprint density at radius 2 is 1.83 bits per heavy atom. The third-order valence-electron chi connectivity index (χ3n) is 4.75. The van der Waals surface area contributed by atoms with Crippen LogP contribution in [0.2, 0.25) is 0 Å². The lowest BCUT2D eigenvalue weighted by molar-refractivity contribution is -0.140. The van der Waals surface area contributed by atoms with Crippen LogP contribution < -0.4 is 0 Å². The monoisotopic (exact) mass is 362 g/mol. The van der Waals surface area contributed by atoms with E-state index in [1.54, 1.807) is 11.9 Å². The van der Waals surface area contributed by atoms with Gasteiger partial charge in [0.1, 0.15) is 0 Å². The van der Waals surface area contributed by atoms with Crippen LogP contribution >= 0.6 is 0 Å². The van der Waals surface area contributed by atoms with E-state index in [0.29, 0.717) is 13.0 Å². The van der Waals surface area contributed by atoms with Gasteiger partial charge in [0.15, 0.2) is 0 Å². The van der Waals surface area contributed by atoms with Gasteiger partial charge in [0.05, 0.1) is 16.4 Å². The number of fused-ring (bicyclic) bond motifs is 1. The molecular formula is C15H17F3N2O3S. The predicted octanol–water partition coefficient (Wildman–Crippen LogP) is 1.80. The molecule has 2 aliphatic rings. The van der Waals surface area contributed by atoms with Gasteiger partial charge in [0.25, 0.3) is 0 Å². The summed E-state index contributed by atoms with van der Waals surface area (Å²) in [6, 6.07) is 4.15. The second-order valence-electron chi connectivity index (χ2n) is 6.23. The molecule has 0 aromatic heterocycles. The smallest absolute Gasteiger partial charge is 0.345 e. The number of nitrogens with zero attached hydrogens (tertiary/aromatic N) is 2. The molecule has 1 aromatic rings. The van der Waals surface area contributed by atoms with Gasteiger partial charge in [-0.1, -0.05) is 12.1 Å². The van der Waals surface area contributed by atoms with E-state index in [1.165, 1.54) is 6.07 Å². The highest BCUT2D eigenvalue weighted by atomic mass is 32.2. The van der Waals surface area contributed by atoms with E-state index in [1.807, 2.05) is 0 Å². The summed E-state index contributed by atoms with van der Waals surface area (Å²) in [5.41, 5.74) is -1.18. The molecule has 0 unspecified atom stereocenters. The highest BCUT2D eigenvalue weighted by Crippen LogP contribution is 2.38. The molecule has 2 fully saturated rings. The van der Waals surface area contributed by atoms with Gasteiger partial charge in [0.2, 0.25) is 15.9 Å². The van der Waals surface area contributed by atoms with Gasteiger partial charge in [0, 0.05) is 26.7 Å². The molecule has 1 amide bonds. The SMILES string of the molecule is CN1CC[C@@H]2CN(S(=O)(=O)c3ccccc3C(F)(F)F)C[C@@H]2C1=O. The van der Waals surface area contributed by atoms with Crippen molar-refractivity contribution in [2.24, 2.45) is 11.8 Å². The van der Waals surface area contributed by atoms with E-state index < -0.39 is 32.6 Å².